The van der Waals surface area contributed by atoms with Crippen molar-refractivity contribution in [1.29, 1.82) is 0 Å². The highest BCUT2D eigenvalue weighted by Gasteiger charge is 2.58. The van der Waals surface area contributed by atoms with Crippen molar-refractivity contribution < 1.29 is 4.74 Å². The molecule has 1 aromatic rings. The summed E-state index contributed by atoms with van der Waals surface area (Å²) in [6, 6.07) is 8.56. The summed E-state index contributed by atoms with van der Waals surface area (Å²) in [5.41, 5.74) is 9.26. The van der Waals surface area contributed by atoms with Crippen LogP contribution in [0.2, 0.25) is 0 Å². The van der Waals surface area contributed by atoms with Gasteiger partial charge in [-0.15, -0.1) is 0 Å². The largest absolute Gasteiger partial charge is 0.378 e. The predicted molar refractivity (Wildman–Crippen MR) is 88.2 cm³/mol. The van der Waals surface area contributed by atoms with E-state index in [9.17, 15) is 0 Å². The molecule has 3 nitrogen and oxygen atoms in total. The fourth-order valence-corrected chi connectivity index (χ4v) is 3.39. The lowest BCUT2D eigenvalue weighted by molar-refractivity contribution is -0.155. The molecule has 21 heavy (non-hydrogen) atoms. The van der Waals surface area contributed by atoms with E-state index in [1.165, 1.54) is 11.1 Å². The second-order valence-corrected chi connectivity index (χ2v) is 7.12. The predicted octanol–water partition coefficient (Wildman–Crippen LogP) is 2.96. The molecule has 2 N–H and O–H groups in total. The lowest BCUT2D eigenvalue weighted by atomic mass is 9.54. The van der Waals surface area contributed by atoms with Crippen LogP contribution in [0.5, 0.6) is 0 Å². The van der Waals surface area contributed by atoms with E-state index >= 15 is 0 Å². The summed E-state index contributed by atoms with van der Waals surface area (Å²) in [5.74, 6) is 0. The van der Waals surface area contributed by atoms with Gasteiger partial charge >= 0.3 is 0 Å². The smallest absolute Gasteiger partial charge is 0.0662 e. The molecule has 2 unspecified atom stereocenters. The molecule has 0 saturated heterocycles. The topological polar surface area (TPSA) is 38.5 Å². The van der Waals surface area contributed by atoms with E-state index < -0.39 is 0 Å². The van der Waals surface area contributed by atoms with Crippen LogP contribution < -0.4 is 5.73 Å². The lowest BCUT2D eigenvalue weighted by Crippen LogP contribution is -2.73. The molecule has 0 spiro atoms. The molecule has 0 bridgehead atoms. The van der Waals surface area contributed by atoms with Gasteiger partial charge in [-0.3, -0.25) is 0 Å². The molecule has 2 rings (SSSR count). The Labute approximate surface area is 129 Å². The standard InChI is InChI=1S/C18H30N2O/c1-6-21-16-11-18(19,17(16,3)4)13-20(5)12-15-10-8-7-9-14(15)2/h7-10,16H,6,11-13,19H2,1-5H3. The zero-order valence-corrected chi connectivity index (χ0v) is 14.1. The zero-order valence-electron chi connectivity index (χ0n) is 14.1. The first kappa shape index (κ1) is 16.5. The normalized spacial score (nSPS) is 27.7. The number of hydrogen-bond acceptors (Lipinski definition) is 3. The van der Waals surface area contributed by atoms with Crippen molar-refractivity contribution in [3.63, 3.8) is 0 Å². The van der Waals surface area contributed by atoms with Gasteiger partial charge < -0.3 is 15.4 Å². The Morgan fingerprint density at radius 1 is 1.33 bits per heavy atom. The molecule has 0 aliphatic heterocycles. The second-order valence-electron chi connectivity index (χ2n) is 7.12. The maximum absolute atomic E-state index is 6.67. The van der Waals surface area contributed by atoms with Crippen LogP contribution in [0.3, 0.4) is 0 Å². The number of likely N-dealkylation sites (N-methyl/N-ethyl adjacent to an activating group) is 1. The second kappa shape index (κ2) is 6.07. The minimum absolute atomic E-state index is 0.0308. The third-order valence-corrected chi connectivity index (χ3v) is 5.26. The van der Waals surface area contributed by atoms with Crippen molar-refractivity contribution in [1.82, 2.24) is 4.90 Å². The highest BCUT2D eigenvalue weighted by Crippen LogP contribution is 2.50. The van der Waals surface area contributed by atoms with E-state index in [0.29, 0.717) is 6.10 Å². The Balaban J connectivity index is 1.97. The molecule has 0 radical (unpaired) electrons. The van der Waals surface area contributed by atoms with E-state index in [4.69, 9.17) is 10.5 Å². The third kappa shape index (κ3) is 3.15. The van der Waals surface area contributed by atoms with Gasteiger partial charge in [-0.1, -0.05) is 38.1 Å². The van der Waals surface area contributed by atoms with Gasteiger partial charge in [-0.25, -0.2) is 0 Å². The number of nitrogens with zero attached hydrogens (tertiary/aromatic N) is 1. The van der Waals surface area contributed by atoms with E-state index in [1.54, 1.807) is 0 Å². The molecular formula is C18H30N2O. The van der Waals surface area contributed by atoms with Gasteiger partial charge in [0, 0.05) is 30.7 Å². The number of nitrogens with two attached hydrogens (primary N) is 1. The van der Waals surface area contributed by atoms with E-state index in [2.05, 4.69) is 63.9 Å². The first-order chi connectivity index (χ1) is 9.80. The van der Waals surface area contributed by atoms with Gasteiger partial charge in [0.1, 0.15) is 0 Å². The SMILES string of the molecule is CCOC1CC(N)(CN(C)Cc2ccccc2C)C1(C)C. The Kier molecular flexibility index (Phi) is 4.76. The number of hydrogen-bond donors (Lipinski definition) is 1. The molecule has 2 atom stereocenters. The maximum Gasteiger partial charge on any atom is 0.0662 e. The molecule has 1 saturated carbocycles. The summed E-state index contributed by atoms with van der Waals surface area (Å²) < 4.78 is 5.81. The van der Waals surface area contributed by atoms with Gasteiger partial charge in [0.2, 0.25) is 0 Å². The first-order valence-electron chi connectivity index (χ1n) is 7.93. The van der Waals surface area contributed by atoms with Gasteiger partial charge in [0.25, 0.3) is 0 Å². The van der Waals surface area contributed by atoms with Crippen molar-refractivity contribution in [3.05, 3.63) is 35.4 Å². The van der Waals surface area contributed by atoms with Crippen LogP contribution in [0, 0.1) is 12.3 Å². The highest BCUT2D eigenvalue weighted by molar-refractivity contribution is 5.25. The van der Waals surface area contributed by atoms with Gasteiger partial charge in [-0.05, 0) is 38.4 Å². The molecule has 1 aliphatic carbocycles. The highest BCUT2D eigenvalue weighted by atomic mass is 16.5. The van der Waals surface area contributed by atoms with Crippen LogP contribution >= 0.6 is 0 Å². The molecule has 3 heteroatoms. The average Bonchev–Trinajstić information content (AvgIpc) is 2.41. The van der Waals surface area contributed by atoms with Gasteiger partial charge in [0.05, 0.1) is 6.10 Å². The fraction of sp³-hybridized carbons (Fsp3) is 0.667. The number of benzene rings is 1. The van der Waals surface area contributed by atoms with Crippen LogP contribution in [0.15, 0.2) is 24.3 Å². The number of aryl methyl sites for hydroxylation is 1. The Bertz CT molecular complexity index is 486. The molecular weight excluding hydrogens is 260 g/mol. The Morgan fingerprint density at radius 3 is 2.57 bits per heavy atom. The summed E-state index contributed by atoms with van der Waals surface area (Å²) >= 11 is 0. The number of rotatable bonds is 6. The fourth-order valence-electron chi connectivity index (χ4n) is 3.39. The molecule has 0 aromatic heterocycles. The summed E-state index contributed by atoms with van der Waals surface area (Å²) in [4.78, 5) is 2.34. The van der Waals surface area contributed by atoms with Crippen molar-refractivity contribution in [3.8, 4) is 0 Å². The van der Waals surface area contributed by atoms with Crippen LogP contribution in [-0.4, -0.2) is 36.7 Å². The number of ether oxygens (including phenoxy) is 1. The minimum Gasteiger partial charge on any atom is -0.378 e. The minimum atomic E-state index is -0.162. The lowest BCUT2D eigenvalue weighted by Gasteiger charge is -2.60. The van der Waals surface area contributed by atoms with Crippen molar-refractivity contribution in [2.75, 3.05) is 20.2 Å². The third-order valence-electron chi connectivity index (χ3n) is 5.26. The van der Waals surface area contributed by atoms with Gasteiger partial charge in [-0.2, -0.15) is 0 Å². The van der Waals surface area contributed by atoms with Gasteiger partial charge in [0.15, 0.2) is 0 Å². The molecule has 118 valence electrons. The Hall–Kier alpha value is -0.900. The maximum atomic E-state index is 6.67. The molecule has 0 amide bonds. The quantitative estimate of drug-likeness (QED) is 0.875. The Morgan fingerprint density at radius 2 is 2.00 bits per heavy atom. The van der Waals surface area contributed by atoms with Crippen molar-refractivity contribution in [2.45, 2.75) is 52.3 Å². The first-order valence-corrected chi connectivity index (χ1v) is 7.93. The molecule has 1 fully saturated rings. The van der Waals surface area contributed by atoms with Crippen LogP contribution in [0.25, 0.3) is 0 Å². The average molecular weight is 290 g/mol. The molecule has 1 aliphatic rings. The van der Waals surface area contributed by atoms with E-state index in [-0.39, 0.29) is 11.0 Å². The van der Waals surface area contributed by atoms with E-state index in [1.807, 2.05) is 0 Å². The summed E-state index contributed by atoms with van der Waals surface area (Å²) in [7, 11) is 2.16. The van der Waals surface area contributed by atoms with Crippen LogP contribution in [-0.2, 0) is 11.3 Å². The summed E-state index contributed by atoms with van der Waals surface area (Å²) in [6.45, 7) is 11.3. The van der Waals surface area contributed by atoms with Crippen molar-refractivity contribution >= 4 is 0 Å². The summed E-state index contributed by atoms with van der Waals surface area (Å²) in [5, 5.41) is 0. The van der Waals surface area contributed by atoms with Crippen molar-refractivity contribution in [2.24, 2.45) is 11.1 Å². The van der Waals surface area contributed by atoms with Crippen LogP contribution in [0.4, 0.5) is 0 Å². The zero-order chi connectivity index (χ0) is 15.7. The molecule has 1 aromatic carbocycles. The van der Waals surface area contributed by atoms with Crippen LogP contribution in [0.1, 0.15) is 38.3 Å². The summed E-state index contributed by atoms with van der Waals surface area (Å²) in [6.07, 6.45) is 1.24. The molecule has 0 heterocycles. The van der Waals surface area contributed by atoms with E-state index in [0.717, 1.165) is 26.1 Å². The monoisotopic (exact) mass is 290 g/mol.